The Hall–Kier alpha value is -1.58. The number of nitrogens with zero attached hydrogens (tertiary/aromatic N) is 1. The van der Waals surface area contributed by atoms with Crippen molar-refractivity contribution in [3.63, 3.8) is 0 Å². The minimum Gasteiger partial charge on any atom is -0.384 e. The largest absolute Gasteiger partial charge is 0.384 e. The molecule has 1 aliphatic rings. The molecule has 1 aromatic rings. The summed E-state index contributed by atoms with van der Waals surface area (Å²) >= 11 is 0. The smallest absolute Gasteiger partial charge is 0.147 e. The molecule has 0 radical (unpaired) electrons. The number of nitrogens with two attached hydrogens (primary N) is 1. The second-order valence-corrected chi connectivity index (χ2v) is 5.77. The van der Waals surface area contributed by atoms with Gasteiger partial charge in [0.1, 0.15) is 11.7 Å². The molecule has 2 rings (SSSR count). The van der Waals surface area contributed by atoms with Gasteiger partial charge in [-0.2, -0.15) is 0 Å². The summed E-state index contributed by atoms with van der Waals surface area (Å²) in [6.45, 7) is 6.30. The van der Waals surface area contributed by atoms with Crippen LogP contribution in [0.2, 0.25) is 0 Å². The van der Waals surface area contributed by atoms with Crippen LogP contribution in [0, 0.1) is 16.6 Å². The molecule has 0 aromatic heterocycles. The summed E-state index contributed by atoms with van der Waals surface area (Å²) in [5.41, 5.74) is 6.90. The first-order valence-electron chi connectivity index (χ1n) is 7.40. The third-order valence-corrected chi connectivity index (χ3v) is 4.92. The van der Waals surface area contributed by atoms with Gasteiger partial charge in [0.2, 0.25) is 0 Å². The molecule has 1 aliphatic heterocycles. The van der Waals surface area contributed by atoms with E-state index in [0.29, 0.717) is 16.7 Å². The van der Waals surface area contributed by atoms with E-state index in [2.05, 4.69) is 18.7 Å². The fraction of sp³-hybridized carbons (Fsp3) is 0.562. The predicted octanol–water partition coefficient (Wildman–Crippen LogP) is 3.52. The highest BCUT2D eigenvalue weighted by Gasteiger charge is 2.31. The first-order valence-corrected chi connectivity index (χ1v) is 7.40. The van der Waals surface area contributed by atoms with E-state index in [1.54, 1.807) is 12.1 Å². The molecule has 1 heterocycles. The zero-order valence-corrected chi connectivity index (χ0v) is 12.4. The zero-order chi connectivity index (χ0) is 14.8. The number of anilines is 1. The molecule has 4 heteroatoms. The lowest BCUT2D eigenvalue weighted by Gasteiger charge is -2.42. The van der Waals surface area contributed by atoms with Gasteiger partial charge >= 0.3 is 0 Å². The highest BCUT2D eigenvalue weighted by atomic mass is 19.1. The number of amidine groups is 1. The normalized spacial score (nSPS) is 18.1. The fourth-order valence-electron chi connectivity index (χ4n) is 3.11. The van der Waals surface area contributed by atoms with Gasteiger partial charge in [-0.1, -0.05) is 26.7 Å². The van der Waals surface area contributed by atoms with Gasteiger partial charge in [0.15, 0.2) is 0 Å². The van der Waals surface area contributed by atoms with E-state index in [0.717, 1.165) is 25.9 Å². The van der Waals surface area contributed by atoms with E-state index in [1.807, 2.05) is 0 Å². The van der Waals surface area contributed by atoms with Crippen molar-refractivity contribution in [3.8, 4) is 0 Å². The van der Waals surface area contributed by atoms with Gasteiger partial charge in [-0.25, -0.2) is 4.39 Å². The molecule has 1 fully saturated rings. The number of nitrogens with one attached hydrogen (secondary N) is 1. The Kier molecular flexibility index (Phi) is 4.31. The molecule has 1 saturated heterocycles. The third kappa shape index (κ3) is 2.79. The van der Waals surface area contributed by atoms with E-state index in [4.69, 9.17) is 11.1 Å². The number of piperidine rings is 1. The number of hydrogen-bond acceptors (Lipinski definition) is 2. The molecule has 0 spiro atoms. The Balaban J connectivity index is 2.13. The summed E-state index contributed by atoms with van der Waals surface area (Å²) in [6, 6.07) is 4.83. The van der Waals surface area contributed by atoms with Crippen molar-refractivity contribution in [2.24, 2.45) is 11.1 Å². The Labute approximate surface area is 120 Å². The van der Waals surface area contributed by atoms with Crippen molar-refractivity contribution in [2.75, 3.05) is 18.0 Å². The lowest BCUT2D eigenvalue weighted by atomic mass is 9.74. The van der Waals surface area contributed by atoms with Gasteiger partial charge in [0, 0.05) is 18.7 Å². The lowest BCUT2D eigenvalue weighted by molar-refractivity contribution is 0.199. The zero-order valence-electron chi connectivity index (χ0n) is 12.4. The van der Waals surface area contributed by atoms with Crippen LogP contribution in [0.3, 0.4) is 0 Å². The summed E-state index contributed by atoms with van der Waals surface area (Å²) in [5, 5.41) is 7.35. The Morgan fingerprint density at radius 1 is 1.30 bits per heavy atom. The summed E-state index contributed by atoms with van der Waals surface area (Å²) in [7, 11) is 0. The molecule has 110 valence electrons. The second kappa shape index (κ2) is 5.81. The van der Waals surface area contributed by atoms with Crippen molar-refractivity contribution < 1.29 is 4.39 Å². The summed E-state index contributed by atoms with van der Waals surface area (Å²) in [5.74, 6) is -0.372. The highest BCUT2D eigenvalue weighted by Crippen LogP contribution is 2.39. The van der Waals surface area contributed by atoms with Crippen LogP contribution in [-0.2, 0) is 0 Å². The van der Waals surface area contributed by atoms with Crippen molar-refractivity contribution in [2.45, 2.75) is 39.5 Å². The van der Waals surface area contributed by atoms with Gasteiger partial charge in [-0.15, -0.1) is 0 Å². The maximum absolute atomic E-state index is 14.2. The Morgan fingerprint density at radius 2 is 1.90 bits per heavy atom. The number of nitrogen functional groups attached to an aromatic ring is 1. The summed E-state index contributed by atoms with van der Waals surface area (Å²) in [4.78, 5) is 2.11. The van der Waals surface area contributed by atoms with Crippen molar-refractivity contribution in [1.29, 1.82) is 5.41 Å². The molecule has 3 N–H and O–H groups in total. The van der Waals surface area contributed by atoms with Crippen LogP contribution in [0.25, 0.3) is 0 Å². The standard InChI is InChI=1S/C16H24FN3/c1-3-16(4-2)7-9-20(10-8-16)14-6-5-12(15(18)19)11-13(14)17/h5-6,11H,3-4,7-10H2,1-2H3,(H3,18,19). The first kappa shape index (κ1) is 14.8. The third-order valence-electron chi connectivity index (χ3n) is 4.92. The minimum atomic E-state index is -0.279. The predicted molar refractivity (Wildman–Crippen MR) is 81.9 cm³/mol. The maximum atomic E-state index is 14.2. The average Bonchev–Trinajstić information content (AvgIpc) is 2.47. The van der Waals surface area contributed by atoms with Crippen LogP contribution in [-0.4, -0.2) is 18.9 Å². The molecule has 0 atom stereocenters. The number of rotatable bonds is 4. The van der Waals surface area contributed by atoms with E-state index in [-0.39, 0.29) is 11.7 Å². The number of benzene rings is 1. The van der Waals surface area contributed by atoms with Crippen LogP contribution in [0.15, 0.2) is 18.2 Å². The van der Waals surface area contributed by atoms with Gasteiger partial charge in [-0.05, 0) is 36.5 Å². The molecule has 0 aliphatic carbocycles. The summed E-state index contributed by atoms with van der Waals surface area (Å²) < 4.78 is 14.2. The Bertz CT molecular complexity index is 484. The van der Waals surface area contributed by atoms with Crippen LogP contribution in [0.5, 0.6) is 0 Å². The van der Waals surface area contributed by atoms with Crippen molar-refractivity contribution in [3.05, 3.63) is 29.6 Å². The van der Waals surface area contributed by atoms with E-state index < -0.39 is 0 Å². The van der Waals surface area contributed by atoms with Crippen LogP contribution in [0.1, 0.15) is 45.1 Å². The topological polar surface area (TPSA) is 53.1 Å². The number of halogens is 1. The number of hydrogen-bond donors (Lipinski definition) is 2. The van der Waals surface area contributed by atoms with E-state index >= 15 is 0 Å². The monoisotopic (exact) mass is 277 g/mol. The second-order valence-electron chi connectivity index (χ2n) is 5.77. The van der Waals surface area contributed by atoms with Crippen molar-refractivity contribution in [1.82, 2.24) is 0 Å². The van der Waals surface area contributed by atoms with E-state index in [9.17, 15) is 4.39 Å². The average molecular weight is 277 g/mol. The highest BCUT2D eigenvalue weighted by molar-refractivity contribution is 5.95. The van der Waals surface area contributed by atoms with Crippen LogP contribution < -0.4 is 10.6 Å². The quantitative estimate of drug-likeness (QED) is 0.653. The first-order chi connectivity index (χ1) is 9.51. The molecule has 0 unspecified atom stereocenters. The molecular weight excluding hydrogens is 253 g/mol. The van der Waals surface area contributed by atoms with Gasteiger partial charge in [-0.3, -0.25) is 5.41 Å². The van der Waals surface area contributed by atoms with Crippen LogP contribution >= 0.6 is 0 Å². The fourth-order valence-corrected chi connectivity index (χ4v) is 3.11. The van der Waals surface area contributed by atoms with E-state index in [1.165, 1.54) is 18.9 Å². The molecule has 20 heavy (non-hydrogen) atoms. The van der Waals surface area contributed by atoms with Crippen LogP contribution in [0.4, 0.5) is 10.1 Å². The summed E-state index contributed by atoms with van der Waals surface area (Å²) in [6.07, 6.45) is 4.63. The van der Waals surface area contributed by atoms with Crippen molar-refractivity contribution >= 4 is 11.5 Å². The maximum Gasteiger partial charge on any atom is 0.147 e. The SMILES string of the molecule is CCC1(CC)CCN(c2ccc(C(=N)N)cc2F)CC1. The Morgan fingerprint density at radius 3 is 2.35 bits per heavy atom. The molecular formula is C16H24FN3. The van der Waals surface area contributed by atoms with Gasteiger partial charge in [0.05, 0.1) is 5.69 Å². The lowest BCUT2D eigenvalue weighted by Crippen LogP contribution is -2.40. The van der Waals surface area contributed by atoms with Gasteiger partial charge < -0.3 is 10.6 Å². The molecule has 1 aromatic carbocycles. The molecule has 0 amide bonds. The molecule has 3 nitrogen and oxygen atoms in total. The molecule has 0 bridgehead atoms. The van der Waals surface area contributed by atoms with Gasteiger partial charge in [0.25, 0.3) is 0 Å². The molecule has 0 saturated carbocycles. The minimum absolute atomic E-state index is 0.0925.